The molecule has 19 heavy (non-hydrogen) atoms. The van der Waals surface area contributed by atoms with Gasteiger partial charge in [-0.3, -0.25) is 0 Å². The van der Waals surface area contributed by atoms with E-state index in [2.05, 4.69) is 59.6 Å². The fourth-order valence-corrected chi connectivity index (χ4v) is 2.53. The average Bonchev–Trinajstić information content (AvgIpc) is 2.85. The molecule has 0 bridgehead atoms. The summed E-state index contributed by atoms with van der Waals surface area (Å²) in [5, 5.41) is 5.27. The first-order valence-electron chi connectivity index (χ1n) is 5.48. The van der Waals surface area contributed by atoms with Gasteiger partial charge in [-0.2, -0.15) is 0 Å². The Morgan fingerprint density at radius 2 is 1.42 bits per heavy atom. The third kappa shape index (κ3) is 2.38. The SMILES string of the molecule is Cl.Cl.[Zr].c1ccc2c(c1)[cH-]c1c3ccccc3[nH]c21. The maximum absolute atomic E-state index is 3.50. The van der Waals surface area contributed by atoms with E-state index < -0.39 is 0 Å². The minimum absolute atomic E-state index is 0. The zero-order valence-corrected chi connectivity index (χ0v) is 14.1. The average molecular weight is 368 g/mol. The van der Waals surface area contributed by atoms with Crippen molar-refractivity contribution in [3.63, 3.8) is 0 Å². The number of halogens is 2. The maximum atomic E-state index is 3.50. The van der Waals surface area contributed by atoms with Crippen LogP contribution in [-0.2, 0) is 26.2 Å². The molecule has 0 aliphatic carbocycles. The van der Waals surface area contributed by atoms with Gasteiger partial charge in [0.05, 0.1) is 0 Å². The van der Waals surface area contributed by atoms with Gasteiger partial charge in [-0.15, -0.1) is 42.3 Å². The van der Waals surface area contributed by atoms with Crippen LogP contribution < -0.4 is 0 Å². The molecule has 0 unspecified atom stereocenters. The quantitative estimate of drug-likeness (QED) is 0.419. The largest absolute Gasteiger partial charge is 0.398 e. The van der Waals surface area contributed by atoms with Crippen LogP contribution in [0.1, 0.15) is 0 Å². The molecule has 3 aromatic carbocycles. The number of para-hydroxylation sites is 1. The zero-order valence-electron chi connectivity index (χ0n) is 10.0. The molecule has 1 N–H and O–H groups in total. The number of fused-ring (bicyclic) bond motifs is 5. The normalized spacial score (nSPS) is 9.89. The van der Waals surface area contributed by atoms with Gasteiger partial charge in [0, 0.05) is 31.7 Å². The zero-order chi connectivity index (χ0) is 10.5. The van der Waals surface area contributed by atoms with Gasteiger partial charge in [-0.1, -0.05) is 52.6 Å². The van der Waals surface area contributed by atoms with Crippen molar-refractivity contribution >= 4 is 57.4 Å². The van der Waals surface area contributed by atoms with E-state index >= 15 is 0 Å². The topological polar surface area (TPSA) is 15.8 Å². The molecule has 1 aromatic heterocycles. The maximum Gasteiger partial charge on any atom is 0.00472 e. The molecule has 0 saturated carbocycles. The van der Waals surface area contributed by atoms with Crippen molar-refractivity contribution in [2.24, 2.45) is 0 Å². The number of aromatic nitrogens is 1. The third-order valence-corrected chi connectivity index (χ3v) is 3.28. The fraction of sp³-hybridized carbons (Fsp3) is 0. The number of rotatable bonds is 0. The minimum atomic E-state index is 0. The predicted molar refractivity (Wildman–Crippen MR) is 83.4 cm³/mol. The van der Waals surface area contributed by atoms with Gasteiger partial charge >= 0.3 is 0 Å². The van der Waals surface area contributed by atoms with Crippen LogP contribution in [-0.4, -0.2) is 4.98 Å². The molecule has 1 heterocycles. The Labute approximate surface area is 142 Å². The molecule has 0 aliphatic rings. The van der Waals surface area contributed by atoms with E-state index in [1.807, 2.05) is 0 Å². The molecule has 4 heteroatoms. The number of H-pyrrole nitrogens is 1. The van der Waals surface area contributed by atoms with Gasteiger partial charge < -0.3 is 4.98 Å². The summed E-state index contributed by atoms with van der Waals surface area (Å²) >= 11 is 0. The molecule has 0 atom stereocenters. The van der Waals surface area contributed by atoms with Crippen molar-refractivity contribution in [3.8, 4) is 0 Å². The predicted octanol–water partition coefficient (Wildman–Crippen LogP) is 5.03. The van der Waals surface area contributed by atoms with E-state index in [9.17, 15) is 0 Å². The number of hydrogen-bond acceptors (Lipinski definition) is 0. The van der Waals surface area contributed by atoms with Crippen molar-refractivity contribution in [2.75, 3.05) is 0 Å². The Hall–Kier alpha value is -0.687. The van der Waals surface area contributed by atoms with Crippen molar-refractivity contribution in [2.45, 2.75) is 0 Å². The monoisotopic (exact) mass is 366 g/mol. The van der Waals surface area contributed by atoms with E-state index in [0.29, 0.717) is 0 Å². The van der Waals surface area contributed by atoms with Crippen molar-refractivity contribution in [1.29, 1.82) is 0 Å². The summed E-state index contributed by atoms with van der Waals surface area (Å²) in [5.41, 5.74) is 2.48. The van der Waals surface area contributed by atoms with Crippen LogP contribution in [0.25, 0.3) is 32.6 Å². The molecule has 0 saturated heterocycles. The Balaban J connectivity index is 0.000000602. The van der Waals surface area contributed by atoms with Crippen LogP contribution in [0, 0.1) is 0 Å². The summed E-state index contributed by atoms with van der Waals surface area (Å²) in [6.07, 6.45) is 0. The molecule has 0 spiro atoms. The molecule has 4 aromatic rings. The fourth-order valence-electron chi connectivity index (χ4n) is 2.53. The van der Waals surface area contributed by atoms with Crippen LogP contribution in [0.3, 0.4) is 0 Å². The summed E-state index contributed by atoms with van der Waals surface area (Å²) in [5.74, 6) is 0. The molecule has 4 rings (SSSR count). The second-order valence-corrected chi connectivity index (χ2v) is 4.19. The van der Waals surface area contributed by atoms with E-state index in [4.69, 9.17) is 0 Å². The molecule has 0 aliphatic heterocycles. The second-order valence-electron chi connectivity index (χ2n) is 4.19. The first kappa shape index (κ1) is 16.4. The van der Waals surface area contributed by atoms with E-state index in [-0.39, 0.29) is 51.0 Å². The number of aromatic amines is 1. The Morgan fingerprint density at radius 1 is 0.789 bits per heavy atom. The first-order chi connectivity index (χ1) is 7.93. The molecule has 1 nitrogen and oxygen atoms in total. The second kappa shape index (κ2) is 6.18. The first-order valence-corrected chi connectivity index (χ1v) is 5.48. The third-order valence-electron chi connectivity index (χ3n) is 3.28. The molecule has 96 valence electrons. The summed E-state index contributed by atoms with van der Waals surface area (Å²) in [6, 6.07) is 19.2. The van der Waals surface area contributed by atoms with Gasteiger partial charge in [-0.25, -0.2) is 0 Å². The van der Waals surface area contributed by atoms with E-state index in [1.165, 1.54) is 32.6 Å². The Morgan fingerprint density at radius 3 is 2.21 bits per heavy atom. The van der Waals surface area contributed by atoms with E-state index in [0.717, 1.165) is 0 Å². The van der Waals surface area contributed by atoms with Gasteiger partial charge in [0.15, 0.2) is 0 Å². The van der Waals surface area contributed by atoms with E-state index in [1.54, 1.807) is 0 Å². The van der Waals surface area contributed by atoms with Crippen LogP contribution in [0.4, 0.5) is 0 Å². The molecule has 0 radical (unpaired) electrons. The van der Waals surface area contributed by atoms with Crippen molar-refractivity contribution in [3.05, 3.63) is 54.6 Å². The summed E-state index contributed by atoms with van der Waals surface area (Å²) in [7, 11) is 0. The Kier molecular flexibility index (Phi) is 5.32. The Bertz CT molecular complexity index is 747. The summed E-state index contributed by atoms with van der Waals surface area (Å²) in [4.78, 5) is 3.50. The smallest absolute Gasteiger partial charge is 0.00472 e. The molecule has 0 fully saturated rings. The number of nitrogens with one attached hydrogen (secondary N) is 1. The molecule has 0 amide bonds. The minimum Gasteiger partial charge on any atom is -0.398 e. The van der Waals surface area contributed by atoms with Gasteiger partial charge in [0.2, 0.25) is 0 Å². The van der Waals surface area contributed by atoms with Crippen LogP contribution in [0.15, 0.2) is 54.6 Å². The van der Waals surface area contributed by atoms with Crippen molar-refractivity contribution in [1.82, 2.24) is 4.98 Å². The van der Waals surface area contributed by atoms with Crippen LogP contribution in [0.5, 0.6) is 0 Å². The molecular formula is C15H12Cl2NZr-. The van der Waals surface area contributed by atoms with Crippen molar-refractivity contribution < 1.29 is 26.2 Å². The van der Waals surface area contributed by atoms with Gasteiger partial charge in [-0.05, 0) is 11.6 Å². The van der Waals surface area contributed by atoms with Gasteiger partial charge in [0.1, 0.15) is 0 Å². The molecular weight excluding hydrogens is 356 g/mol. The summed E-state index contributed by atoms with van der Waals surface area (Å²) < 4.78 is 0. The summed E-state index contributed by atoms with van der Waals surface area (Å²) in [6.45, 7) is 0. The van der Waals surface area contributed by atoms with Gasteiger partial charge in [0.25, 0.3) is 0 Å². The number of hydrogen-bond donors (Lipinski definition) is 1. The number of benzene rings is 2. The van der Waals surface area contributed by atoms with Crippen LogP contribution >= 0.6 is 24.8 Å². The van der Waals surface area contributed by atoms with Crippen LogP contribution in [0.2, 0.25) is 0 Å². The standard InChI is InChI=1S/C15H10N.2ClH.Zr/c1-2-6-11-10(5-1)9-13-12-7-3-4-8-14(12)16-15(11)13;;;/h1-9,16H;2*1H;/q-1;;;.